The van der Waals surface area contributed by atoms with Crippen LogP contribution in [0.5, 0.6) is 5.75 Å². The van der Waals surface area contributed by atoms with Gasteiger partial charge in [-0.2, -0.15) is 0 Å². The Hall–Kier alpha value is -1.16. The first-order valence-corrected chi connectivity index (χ1v) is 5.55. The third kappa shape index (κ3) is 2.32. The van der Waals surface area contributed by atoms with Gasteiger partial charge in [0.05, 0.1) is 0 Å². The van der Waals surface area contributed by atoms with Gasteiger partial charge >= 0.3 is 0 Å². The highest BCUT2D eigenvalue weighted by molar-refractivity contribution is 5.31. The lowest BCUT2D eigenvalue weighted by Crippen LogP contribution is -2.29. The summed E-state index contributed by atoms with van der Waals surface area (Å²) in [5.41, 5.74) is 0.0203. The van der Waals surface area contributed by atoms with Crippen molar-refractivity contribution in [2.75, 3.05) is 13.1 Å². The Morgan fingerprint density at radius 1 is 1.25 bits per heavy atom. The third-order valence-corrected chi connectivity index (χ3v) is 3.12. The average Bonchev–Trinajstić information content (AvgIpc) is 2.31. The van der Waals surface area contributed by atoms with Gasteiger partial charge in [0.15, 0.2) is 11.6 Å². The molecule has 1 aromatic carbocycles. The zero-order valence-electron chi connectivity index (χ0n) is 8.97. The van der Waals surface area contributed by atoms with E-state index in [1.54, 1.807) is 0 Å². The van der Waals surface area contributed by atoms with Crippen LogP contribution in [-0.2, 0) is 6.42 Å². The number of nitrogens with one attached hydrogen (secondary N) is 1. The topological polar surface area (TPSA) is 32.3 Å². The van der Waals surface area contributed by atoms with Gasteiger partial charge in [-0.3, -0.25) is 0 Å². The summed E-state index contributed by atoms with van der Waals surface area (Å²) in [5.74, 6) is -1.54. The van der Waals surface area contributed by atoms with E-state index in [2.05, 4.69) is 5.32 Å². The number of hydrogen-bond donors (Lipinski definition) is 2. The molecule has 1 fully saturated rings. The van der Waals surface area contributed by atoms with Crippen LogP contribution >= 0.6 is 0 Å². The van der Waals surface area contributed by atoms with Crippen LogP contribution in [0.4, 0.5) is 8.78 Å². The van der Waals surface area contributed by atoms with E-state index in [0.717, 1.165) is 38.1 Å². The molecule has 1 saturated heterocycles. The molecule has 1 heterocycles. The second-order valence-corrected chi connectivity index (χ2v) is 4.26. The molecule has 0 unspecified atom stereocenters. The Kier molecular flexibility index (Phi) is 3.39. The quantitative estimate of drug-likeness (QED) is 0.812. The smallest absolute Gasteiger partial charge is 0.170 e. The minimum absolute atomic E-state index is 0.0203. The Morgan fingerprint density at radius 2 is 1.94 bits per heavy atom. The van der Waals surface area contributed by atoms with Crippen molar-refractivity contribution in [3.8, 4) is 5.75 Å². The van der Waals surface area contributed by atoms with Gasteiger partial charge in [0, 0.05) is 5.56 Å². The molecule has 0 aliphatic carbocycles. The van der Waals surface area contributed by atoms with Crippen molar-refractivity contribution < 1.29 is 13.9 Å². The van der Waals surface area contributed by atoms with E-state index in [4.69, 9.17) is 0 Å². The number of aromatic hydroxyl groups is 1. The van der Waals surface area contributed by atoms with E-state index in [1.165, 1.54) is 0 Å². The Bertz CT molecular complexity index is 376. The van der Waals surface area contributed by atoms with Gasteiger partial charge in [0.2, 0.25) is 0 Å². The van der Waals surface area contributed by atoms with Crippen LogP contribution in [0, 0.1) is 17.6 Å². The number of phenolic OH excluding ortho intramolecular Hbond substituents is 1. The molecule has 0 spiro atoms. The fraction of sp³-hybridized carbons (Fsp3) is 0.500. The fourth-order valence-electron chi connectivity index (χ4n) is 2.15. The van der Waals surface area contributed by atoms with Crippen LogP contribution < -0.4 is 5.32 Å². The SMILES string of the molecule is Oc1ccc(F)c(CC2CCNCC2)c1F. The molecule has 1 aliphatic heterocycles. The van der Waals surface area contributed by atoms with E-state index in [1.807, 2.05) is 0 Å². The molecule has 0 aromatic heterocycles. The molecule has 16 heavy (non-hydrogen) atoms. The number of halogens is 2. The standard InChI is InChI=1S/C12H15F2NO/c13-10-1-2-11(16)12(14)9(10)7-8-3-5-15-6-4-8/h1-2,8,15-16H,3-7H2. The minimum atomic E-state index is -0.807. The first kappa shape index (κ1) is 11.3. The van der Waals surface area contributed by atoms with Crippen molar-refractivity contribution in [1.82, 2.24) is 5.32 Å². The zero-order chi connectivity index (χ0) is 11.5. The molecule has 2 N–H and O–H groups in total. The van der Waals surface area contributed by atoms with E-state index >= 15 is 0 Å². The molecule has 0 bridgehead atoms. The van der Waals surface area contributed by atoms with Gasteiger partial charge in [0.25, 0.3) is 0 Å². The van der Waals surface area contributed by atoms with Crippen LogP contribution in [0.3, 0.4) is 0 Å². The Labute approximate surface area is 93.3 Å². The second kappa shape index (κ2) is 4.78. The first-order chi connectivity index (χ1) is 7.68. The predicted octanol–water partition coefficient (Wildman–Crippen LogP) is 2.21. The Morgan fingerprint density at radius 3 is 2.62 bits per heavy atom. The molecular weight excluding hydrogens is 212 g/mol. The minimum Gasteiger partial charge on any atom is -0.505 e. The molecule has 0 amide bonds. The van der Waals surface area contributed by atoms with Crippen molar-refractivity contribution in [1.29, 1.82) is 0 Å². The van der Waals surface area contributed by atoms with E-state index < -0.39 is 17.4 Å². The summed E-state index contributed by atoms with van der Waals surface area (Å²) >= 11 is 0. The van der Waals surface area contributed by atoms with Gasteiger partial charge in [0.1, 0.15) is 5.82 Å². The summed E-state index contributed by atoms with van der Waals surface area (Å²) in [5, 5.41) is 12.4. The molecule has 88 valence electrons. The van der Waals surface area contributed by atoms with Crippen LogP contribution in [0.25, 0.3) is 0 Å². The molecule has 0 saturated carbocycles. The first-order valence-electron chi connectivity index (χ1n) is 5.55. The molecule has 1 aromatic rings. The highest BCUT2D eigenvalue weighted by Gasteiger charge is 2.19. The van der Waals surface area contributed by atoms with Crippen molar-refractivity contribution in [3.63, 3.8) is 0 Å². The number of hydrogen-bond acceptors (Lipinski definition) is 2. The van der Waals surface area contributed by atoms with Gasteiger partial charge in [-0.25, -0.2) is 8.78 Å². The van der Waals surface area contributed by atoms with Crippen LogP contribution in [0.15, 0.2) is 12.1 Å². The van der Waals surface area contributed by atoms with Crippen molar-refractivity contribution in [2.24, 2.45) is 5.92 Å². The van der Waals surface area contributed by atoms with Crippen molar-refractivity contribution >= 4 is 0 Å². The maximum absolute atomic E-state index is 13.5. The Balaban J connectivity index is 2.16. The van der Waals surface area contributed by atoms with Gasteiger partial charge in [-0.05, 0) is 50.4 Å². The van der Waals surface area contributed by atoms with Crippen LogP contribution in [0.1, 0.15) is 18.4 Å². The predicted molar refractivity (Wildman–Crippen MR) is 57.3 cm³/mol. The molecular formula is C12H15F2NO. The van der Waals surface area contributed by atoms with Gasteiger partial charge in [-0.15, -0.1) is 0 Å². The maximum Gasteiger partial charge on any atom is 0.170 e. The van der Waals surface area contributed by atoms with E-state index in [9.17, 15) is 13.9 Å². The van der Waals surface area contributed by atoms with E-state index in [-0.39, 0.29) is 5.56 Å². The van der Waals surface area contributed by atoms with Gasteiger partial charge < -0.3 is 10.4 Å². The van der Waals surface area contributed by atoms with Crippen LogP contribution in [-0.4, -0.2) is 18.2 Å². The molecule has 0 atom stereocenters. The molecule has 2 rings (SSSR count). The lowest BCUT2D eigenvalue weighted by molar-refractivity contribution is 0.358. The summed E-state index contributed by atoms with van der Waals surface area (Å²) in [7, 11) is 0. The zero-order valence-corrected chi connectivity index (χ0v) is 8.97. The molecule has 2 nitrogen and oxygen atoms in total. The second-order valence-electron chi connectivity index (χ2n) is 4.26. The largest absolute Gasteiger partial charge is 0.505 e. The monoisotopic (exact) mass is 227 g/mol. The summed E-state index contributed by atoms with van der Waals surface area (Å²) < 4.78 is 26.9. The van der Waals surface area contributed by atoms with Crippen LogP contribution in [0.2, 0.25) is 0 Å². The van der Waals surface area contributed by atoms with E-state index in [0.29, 0.717) is 12.3 Å². The number of benzene rings is 1. The molecule has 4 heteroatoms. The number of rotatable bonds is 2. The lowest BCUT2D eigenvalue weighted by Gasteiger charge is -2.22. The summed E-state index contributed by atoms with van der Waals surface area (Å²) in [6, 6.07) is 2.17. The summed E-state index contributed by atoms with van der Waals surface area (Å²) in [6.07, 6.45) is 2.22. The average molecular weight is 227 g/mol. The maximum atomic E-state index is 13.5. The normalized spacial score (nSPS) is 17.6. The highest BCUT2D eigenvalue weighted by Crippen LogP contribution is 2.26. The van der Waals surface area contributed by atoms with Gasteiger partial charge in [-0.1, -0.05) is 0 Å². The summed E-state index contributed by atoms with van der Waals surface area (Å²) in [4.78, 5) is 0. The third-order valence-electron chi connectivity index (χ3n) is 3.12. The van der Waals surface area contributed by atoms with Crippen molar-refractivity contribution in [3.05, 3.63) is 29.3 Å². The molecule has 0 radical (unpaired) electrons. The fourth-order valence-corrected chi connectivity index (χ4v) is 2.15. The highest BCUT2D eigenvalue weighted by atomic mass is 19.1. The lowest BCUT2D eigenvalue weighted by atomic mass is 9.90. The molecule has 1 aliphatic rings. The van der Waals surface area contributed by atoms with Crippen molar-refractivity contribution in [2.45, 2.75) is 19.3 Å². The number of piperidine rings is 1. The summed E-state index contributed by atoms with van der Waals surface area (Å²) in [6.45, 7) is 1.79. The number of phenols is 1.